The number of hydrogen-bond acceptors (Lipinski definition) is 7. The molecule has 0 aromatic carbocycles. The van der Waals surface area contributed by atoms with E-state index in [1.54, 1.807) is 13.8 Å². The third kappa shape index (κ3) is 2.38. The van der Waals surface area contributed by atoms with Crippen molar-refractivity contribution < 1.29 is 14.0 Å². The van der Waals surface area contributed by atoms with E-state index in [1.807, 2.05) is 0 Å². The Morgan fingerprint density at radius 1 is 1.40 bits per heavy atom. The van der Waals surface area contributed by atoms with Crippen LogP contribution in [-0.4, -0.2) is 40.1 Å². The van der Waals surface area contributed by atoms with Gasteiger partial charge in [0.25, 0.3) is 5.91 Å². The number of rotatable bonds is 4. The number of hydrogen-bond donors (Lipinski definition) is 2. The molecule has 1 aliphatic carbocycles. The Labute approximate surface area is 115 Å². The first-order valence-electron chi connectivity index (χ1n) is 6.64. The molecule has 2 fully saturated rings. The van der Waals surface area contributed by atoms with Crippen LogP contribution in [0.3, 0.4) is 0 Å². The molecule has 1 aromatic heterocycles. The van der Waals surface area contributed by atoms with Gasteiger partial charge in [-0.2, -0.15) is 0 Å². The van der Waals surface area contributed by atoms with Crippen LogP contribution in [0.1, 0.15) is 32.6 Å². The van der Waals surface area contributed by atoms with Crippen LogP contribution in [-0.2, 0) is 16.1 Å². The minimum absolute atomic E-state index is 0.0242. The summed E-state index contributed by atoms with van der Waals surface area (Å²) >= 11 is 0. The average Bonchev–Trinajstić information content (AvgIpc) is 3.10. The highest BCUT2D eigenvalue weighted by molar-refractivity contribution is 6.06. The van der Waals surface area contributed by atoms with Gasteiger partial charge in [-0.1, -0.05) is 5.10 Å². The van der Waals surface area contributed by atoms with Crippen molar-refractivity contribution in [2.45, 2.75) is 44.8 Å². The second-order valence-corrected chi connectivity index (χ2v) is 5.66. The molecule has 20 heavy (non-hydrogen) atoms. The zero-order chi connectivity index (χ0) is 14.3. The van der Waals surface area contributed by atoms with E-state index >= 15 is 0 Å². The first-order chi connectivity index (χ1) is 9.46. The van der Waals surface area contributed by atoms with Gasteiger partial charge >= 0.3 is 6.01 Å². The summed E-state index contributed by atoms with van der Waals surface area (Å²) < 4.78 is 5.54. The molecule has 2 N–H and O–H groups in total. The van der Waals surface area contributed by atoms with Crippen molar-refractivity contribution in [3.63, 3.8) is 0 Å². The van der Waals surface area contributed by atoms with Crippen molar-refractivity contribution in [3.8, 4) is 0 Å². The number of carbonyl (C=O) groups excluding carboxylic acids is 2. The lowest BCUT2D eigenvalue weighted by atomic mass is 9.99. The molecule has 0 bridgehead atoms. The Morgan fingerprint density at radius 3 is 2.85 bits per heavy atom. The van der Waals surface area contributed by atoms with Crippen LogP contribution in [0.5, 0.6) is 0 Å². The molecule has 0 atom stereocenters. The molecular formula is C12H17N5O3. The molecule has 0 radical (unpaired) electrons. The standard InChI is InChI=1S/C12H17N5O3/c1-12(2)10(19)14-8(18)6-17(12)11-16-15-9(20-11)5-13-7-3-4-7/h7,13H,3-6H2,1-2H3,(H,14,18,19). The number of nitrogens with zero attached hydrogens (tertiary/aromatic N) is 3. The van der Waals surface area contributed by atoms with Crippen LogP contribution in [0.4, 0.5) is 6.01 Å². The third-order valence-electron chi connectivity index (χ3n) is 3.59. The van der Waals surface area contributed by atoms with Crippen molar-refractivity contribution >= 4 is 17.8 Å². The fourth-order valence-corrected chi connectivity index (χ4v) is 2.03. The Morgan fingerprint density at radius 2 is 2.15 bits per heavy atom. The van der Waals surface area contributed by atoms with Gasteiger partial charge in [-0.05, 0) is 26.7 Å². The molecule has 1 aromatic rings. The van der Waals surface area contributed by atoms with Gasteiger partial charge in [-0.25, -0.2) is 0 Å². The Hall–Kier alpha value is -1.96. The Kier molecular flexibility index (Phi) is 2.97. The maximum Gasteiger partial charge on any atom is 0.319 e. The van der Waals surface area contributed by atoms with Crippen LogP contribution in [0.25, 0.3) is 0 Å². The van der Waals surface area contributed by atoms with Gasteiger partial charge in [-0.3, -0.25) is 14.9 Å². The molecule has 8 heteroatoms. The number of piperazine rings is 1. The van der Waals surface area contributed by atoms with Crippen LogP contribution in [0.2, 0.25) is 0 Å². The molecule has 0 unspecified atom stereocenters. The fourth-order valence-electron chi connectivity index (χ4n) is 2.03. The molecule has 2 aliphatic rings. The van der Waals surface area contributed by atoms with Gasteiger partial charge in [0.05, 0.1) is 6.54 Å². The molecular weight excluding hydrogens is 262 g/mol. The van der Waals surface area contributed by atoms with Gasteiger partial charge in [0, 0.05) is 6.04 Å². The highest BCUT2D eigenvalue weighted by Crippen LogP contribution is 2.25. The van der Waals surface area contributed by atoms with Crippen LogP contribution < -0.4 is 15.5 Å². The summed E-state index contributed by atoms with van der Waals surface area (Å²) in [5.41, 5.74) is -0.901. The van der Waals surface area contributed by atoms with Crippen molar-refractivity contribution in [3.05, 3.63) is 5.89 Å². The normalized spacial score (nSPS) is 22.0. The summed E-state index contributed by atoms with van der Waals surface area (Å²) in [4.78, 5) is 24.9. The maximum atomic E-state index is 11.9. The first kappa shape index (κ1) is 13.0. The third-order valence-corrected chi connectivity index (χ3v) is 3.59. The van der Waals surface area contributed by atoms with E-state index in [0.29, 0.717) is 18.5 Å². The summed E-state index contributed by atoms with van der Waals surface area (Å²) in [6, 6.07) is 0.745. The van der Waals surface area contributed by atoms with Crippen LogP contribution in [0, 0.1) is 0 Å². The minimum Gasteiger partial charge on any atom is -0.407 e. The summed E-state index contributed by atoms with van der Waals surface area (Å²) in [5, 5.41) is 13.5. The van der Waals surface area contributed by atoms with E-state index in [2.05, 4.69) is 20.8 Å². The number of anilines is 1. The van der Waals surface area contributed by atoms with E-state index < -0.39 is 5.54 Å². The number of aromatic nitrogens is 2. The number of amides is 2. The van der Waals surface area contributed by atoms with E-state index in [0.717, 1.165) is 0 Å². The molecule has 1 aliphatic heterocycles. The van der Waals surface area contributed by atoms with Crippen molar-refractivity contribution in [1.82, 2.24) is 20.8 Å². The molecule has 0 spiro atoms. The first-order valence-corrected chi connectivity index (χ1v) is 6.64. The predicted octanol–water partition coefficient (Wildman–Crippen LogP) is -0.437. The van der Waals surface area contributed by atoms with Crippen molar-refractivity contribution in [1.29, 1.82) is 0 Å². The lowest BCUT2D eigenvalue weighted by molar-refractivity contribution is -0.135. The quantitative estimate of drug-likeness (QED) is 0.721. The maximum absolute atomic E-state index is 11.9. The number of nitrogens with one attached hydrogen (secondary N) is 2. The number of imide groups is 1. The van der Waals surface area contributed by atoms with Crippen LogP contribution in [0.15, 0.2) is 4.42 Å². The largest absolute Gasteiger partial charge is 0.407 e. The highest BCUT2D eigenvalue weighted by Gasteiger charge is 2.43. The van der Waals surface area contributed by atoms with E-state index in [9.17, 15) is 9.59 Å². The van der Waals surface area contributed by atoms with E-state index in [1.165, 1.54) is 17.7 Å². The van der Waals surface area contributed by atoms with Crippen LogP contribution >= 0.6 is 0 Å². The lowest BCUT2D eigenvalue weighted by Crippen LogP contribution is -2.64. The highest BCUT2D eigenvalue weighted by atomic mass is 16.4. The molecule has 108 valence electrons. The molecule has 1 saturated carbocycles. The molecule has 1 saturated heterocycles. The van der Waals surface area contributed by atoms with Gasteiger partial charge in [0.15, 0.2) is 0 Å². The second kappa shape index (κ2) is 4.55. The monoisotopic (exact) mass is 279 g/mol. The molecule has 2 heterocycles. The summed E-state index contributed by atoms with van der Waals surface area (Å²) in [6.45, 7) is 3.95. The lowest BCUT2D eigenvalue weighted by Gasteiger charge is -2.38. The Balaban J connectivity index is 1.76. The van der Waals surface area contributed by atoms with Gasteiger partial charge in [0.1, 0.15) is 12.1 Å². The van der Waals surface area contributed by atoms with Crippen molar-refractivity contribution in [2.75, 3.05) is 11.4 Å². The zero-order valence-corrected chi connectivity index (χ0v) is 11.5. The average molecular weight is 279 g/mol. The molecule has 8 nitrogen and oxygen atoms in total. The number of carbonyl (C=O) groups is 2. The molecule has 3 rings (SSSR count). The van der Waals surface area contributed by atoms with Gasteiger partial charge < -0.3 is 14.6 Å². The van der Waals surface area contributed by atoms with Crippen molar-refractivity contribution in [2.24, 2.45) is 0 Å². The summed E-state index contributed by atoms with van der Waals surface area (Å²) in [7, 11) is 0. The van der Waals surface area contributed by atoms with E-state index in [4.69, 9.17) is 4.42 Å². The summed E-state index contributed by atoms with van der Waals surface area (Å²) in [5.74, 6) is -0.282. The fraction of sp³-hybridized carbons (Fsp3) is 0.667. The predicted molar refractivity (Wildman–Crippen MR) is 68.7 cm³/mol. The Bertz CT molecular complexity index is 549. The molecule has 2 amide bonds. The topological polar surface area (TPSA) is 100 Å². The minimum atomic E-state index is -0.901. The smallest absolute Gasteiger partial charge is 0.319 e. The van der Waals surface area contributed by atoms with Gasteiger partial charge in [0.2, 0.25) is 11.8 Å². The second-order valence-electron chi connectivity index (χ2n) is 5.66. The SMILES string of the molecule is CC1(C)C(=O)NC(=O)CN1c1nnc(CNC2CC2)o1. The summed E-state index contributed by atoms with van der Waals surface area (Å²) in [6.07, 6.45) is 2.35. The van der Waals surface area contributed by atoms with Gasteiger partial charge in [-0.15, -0.1) is 5.10 Å². The van der Waals surface area contributed by atoms with E-state index in [-0.39, 0.29) is 24.4 Å². The zero-order valence-electron chi connectivity index (χ0n) is 11.5.